The number of halogens is 2. The maximum Gasteiger partial charge on any atom is 0.210 e. The molecule has 5 nitrogen and oxygen atoms in total. The van der Waals surface area contributed by atoms with Crippen molar-refractivity contribution >= 4 is 34.4 Å². The van der Waals surface area contributed by atoms with Crippen molar-refractivity contribution in [2.24, 2.45) is 5.73 Å². The molecule has 1 aliphatic rings. The molecule has 0 saturated carbocycles. The molecule has 0 fully saturated rings. The third-order valence-electron chi connectivity index (χ3n) is 4.05. The van der Waals surface area contributed by atoms with Gasteiger partial charge in [0.25, 0.3) is 0 Å². The molecule has 0 spiro atoms. The number of nitrogens with one attached hydrogen (secondary N) is 1. The quantitative estimate of drug-likeness (QED) is 0.709. The standard InChI is InChI=1S/C17H11ClFN5/c18-10-4-3-5-11(19)14(10)15-9(8-20)16(21)24-13-7-2-1-6-12(13)22-17(24)23-15/h1-7,15H,21H2,(H,22,23). The summed E-state index contributed by atoms with van der Waals surface area (Å²) in [7, 11) is 0. The zero-order valence-corrected chi connectivity index (χ0v) is 13.0. The summed E-state index contributed by atoms with van der Waals surface area (Å²) < 4.78 is 16.0. The van der Waals surface area contributed by atoms with Gasteiger partial charge in [0.1, 0.15) is 17.7 Å². The number of rotatable bonds is 1. The van der Waals surface area contributed by atoms with Crippen molar-refractivity contribution in [2.75, 3.05) is 5.32 Å². The first-order valence-electron chi connectivity index (χ1n) is 7.20. The van der Waals surface area contributed by atoms with Gasteiger partial charge in [-0.1, -0.05) is 29.8 Å². The van der Waals surface area contributed by atoms with E-state index in [1.165, 1.54) is 12.1 Å². The first kappa shape index (κ1) is 14.5. The molecule has 2 aromatic carbocycles. The molecule has 118 valence electrons. The van der Waals surface area contributed by atoms with Crippen LogP contribution in [0, 0.1) is 17.1 Å². The lowest BCUT2D eigenvalue weighted by Gasteiger charge is -2.27. The van der Waals surface area contributed by atoms with Gasteiger partial charge in [-0.2, -0.15) is 5.26 Å². The van der Waals surface area contributed by atoms with Gasteiger partial charge in [0, 0.05) is 10.6 Å². The lowest BCUT2D eigenvalue weighted by atomic mass is 9.97. The number of nitriles is 1. The molecule has 0 bridgehead atoms. The highest BCUT2D eigenvalue weighted by Gasteiger charge is 2.32. The number of para-hydroxylation sites is 2. The minimum Gasteiger partial charge on any atom is -0.384 e. The topological polar surface area (TPSA) is 79.7 Å². The van der Waals surface area contributed by atoms with Crippen LogP contribution in [0.5, 0.6) is 0 Å². The first-order valence-corrected chi connectivity index (χ1v) is 7.57. The van der Waals surface area contributed by atoms with Crippen LogP contribution in [-0.4, -0.2) is 9.55 Å². The van der Waals surface area contributed by atoms with Crippen LogP contribution in [0.4, 0.5) is 10.3 Å². The van der Waals surface area contributed by atoms with E-state index in [0.717, 1.165) is 11.0 Å². The van der Waals surface area contributed by atoms with Crippen molar-refractivity contribution in [3.63, 3.8) is 0 Å². The van der Waals surface area contributed by atoms with Gasteiger partial charge in [0.2, 0.25) is 5.95 Å². The average Bonchev–Trinajstić information content (AvgIpc) is 2.93. The molecule has 7 heteroatoms. The maximum atomic E-state index is 14.3. The van der Waals surface area contributed by atoms with Crippen LogP contribution in [0.25, 0.3) is 16.9 Å². The Morgan fingerprint density at radius 3 is 2.79 bits per heavy atom. The summed E-state index contributed by atoms with van der Waals surface area (Å²) in [5.41, 5.74) is 8.07. The van der Waals surface area contributed by atoms with E-state index < -0.39 is 11.9 Å². The van der Waals surface area contributed by atoms with Crippen LogP contribution in [0.15, 0.2) is 48.0 Å². The number of fused-ring (bicyclic) bond motifs is 3. The number of hydrogen-bond donors (Lipinski definition) is 2. The summed E-state index contributed by atoms with van der Waals surface area (Å²) >= 11 is 6.16. The Bertz CT molecular complexity index is 1030. The van der Waals surface area contributed by atoms with Crippen molar-refractivity contribution < 1.29 is 4.39 Å². The minimum absolute atomic E-state index is 0.178. The zero-order valence-electron chi connectivity index (χ0n) is 12.3. The second kappa shape index (κ2) is 5.25. The van der Waals surface area contributed by atoms with E-state index in [1.807, 2.05) is 24.3 Å². The fourth-order valence-corrected chi connectivity index (χ4v) is 3.23. The third kappa shape index (κ3) is 1.95. The molecular weight excluding hydrogens is 329 g/mol. The van der Waals surface area contributed by atoms with E-state index >= 15 is 0 Å². The number of imidazole rings is 1. The molecule has 2 heterocycles. The second-order valence-corrected chi connectivity index (χ2v) is 5.79. The molecular formula is C17H11ClFN5. The molecule has 4 rings (SSSR count). The van der Waals surface area contributed by atoms with Crippen LogP contribution < -0.4 is 11.1 Å². The molecule has 24 heavy (non-hydrogen) atoms. The third-order valence-corrected chi connectivity index (χ3v) is 4.38. The van der Waals surface area contributed by atoms with E-state index in [0.29, 0.717) is 5.95 Å². The normalized spacial score (nSPS) is 16.6. The van der Waals surface area contributed by atoms with Crippen LogP contribution in [0.3, 0.4) is 0 Å². The Balaban J connectivity index is 1.98. The van der Waals surface area contributed by atoms with Crippen LogP contribution in [0.1, 0.15) is 11.6 Å². The van der Waals surface area contributed by atoms with Gasteiger partial charge in [0.05, 0.1) is 22.6 Å². The molecule has 0 radical (unpaired) electrons. The Morgan fingerprint density at radius 1 is 1.25 bits per heavy atom. The van der Waals surface area contributed by atoms with Crippen molar-refractivity contribution in [1.29, 1.82) is 5.26 Å². The van der Waals surface area contributed by atoms with Crippen LogP contribution in [0.2, 0.25) is 5.02 Å². The summed E-state index contributed by atoms with van der Waals surface area (Å²) in [6, 6.07) is 13.1. The molecule has 1 atom stereocenters. The SMILES string of the molecule is N#CC1=C(N)n2c(nc3ccccc32)NC1c1c(F)cccc1Cl. The van der Waals surface area contributed by atoms with E-state index in [9.17, 15) is 9.65 Å². The lowest BCUT2D eigenvalue weighted by Crippen LogP contribution is -2.27. The Morgan fingerprint density at radius 2 is 2.04 bits per heavy atom. The van der Waals surface area contributed by atoms with E-state index in [1.54, 1.807) is 10.6 Å². The second-order valence-electron chi connectivity index (χ2n) is 5.38. The van der Waals surface area contributed by atoms with Gasteiger partial charge in [-0.15, -0.1) is 0 Å². The van der Waals surface area contributed by atoms with Gasteiger partial charge in [0.15, 0.2) is 0 Å². The number of nitrogens with two attached hydrogens (primary N) is 1. The number of anilines is 1. The van der Waals surface area contributed by atoms with E-state index in [-0.39, 0.29) is 22.0 Å². The van der Waals surface area contributed by atoms with Gasteiger partial charge in [-0.05, 0) is 24.3 Å². The summed E-state index contributed by atoms with van der Waals surface area (Å²) in [4.78, 5) is 4.47. The average molecular weight is 340 g/mol. The van der Waals surface area contributed by atoms with Gasteiger partial charge in [-0.25, -0.2) is 9.37 Å². The van der Waals surface area contributed by atoms with Crippen molar-refractivity contribution in [1.82, 2.24) is 9.55 Å². The van der Waals surface area contributed by atoms with Crippen molar-refractivity contribution in [3.8, 4) is 6.07 Å². The summed E-state index contributed by atoms with van der Waals surface area (Å²) in [5.74, 6) is 0.145. The van der Waals surface area contributed by atoms with Crippen LogP contribution >= 0.6 is 11.6 Å². The summed E-state index contributed by atoms with van der Waals surface area (Å²) in [6.45, 7) is 0. The Kier molecular flexibility index (Phi) is 3.18. The fourth-order valence-electron chi connectivity index (χ4n) is 2.96. The Hall–Kier alpha value is -3.04. The first-order chi connectivity index (χ1) is 11.6. The molecule has 0 amide bonds. The lowest BCUT2D eigenvalue weighted by molar-refractivity contribution is 0.603. The van der Waals surface area contributed by atoms with E-state index in [4.69, 9.17) is 17.3 Å². The molecule has 3 aromatic rings. The fraction of sp³-hybridized carbons (Fsp3) is 0.0588. The number of aromatic nitrogens is 2. The Labute approximate surface area is 141 Å². The highest BCUT2D eigenvalue weighted by Crippen LogP contribution is 2.39. The summed E-state index contributed by atoms with van der Waals surface area (Å²) in [6.07, 6.45) is 0. The molecule has 1 unspecified atom stereocenters. The molecule has 1 aliphatic heterocycles. The molecule has 0 aliphatic carbocycles. The highest BCUT2D eigenvalue weighted by atomic mass is 35.5. The van der Waals surface area contributed by atoms with Gasteiger partial charge < -0.3 is 11.1 Å². The molecule has 3 N–H and O–H groups in total. The minimum atomic E-state index is -0.798. The number of benzene rings is 2. The monoisotopic (exact) mass is 339 g/mol. The number of nitrogens with zero attached hydrogens (tertiary/aromatic N) is 3. The highest BCUT2D eigenvalue weighted by molar-refractivity contribution is 6.31. The predicted molar refractivity (Wildman–Crippen MR) is 90.5 cm³/mol. The largest absolute Gasteiger partial charge is 0.384 e. The van der Waals surface area contributed by atoms with E-state index in [2.05, 4.69) is 16.4 Å². The van der Waals surface area contributed by atoms with Crippen molar-refractivity contribution in [3.05, 3.63) is 64.4 Å². The number of hydrogen-bond acceptors (Lipinski definition) is 4. The maximum absolute atomic E-state index is 14.3. The van der Waals surface area contributed by atoms with Gasteiger partial charge in [-0.3, -0.25) is 4.57 Å². The smallest absolute Gasteiger partial charge is 0.210 e. The van der Waals surface area contributed by atoms with Gasteiger partial charge >= 0.3 is 0 Å². The predicted octanol–water partition coefficient (Wildman–Crippen LogP) is 3.65. The zero-order chi connectivity index (χ0) is 16.8. The molecule has 0 saturated heterocycles. The molecule has 1 aromatic heterocycles. The van der Waals surface area contributed by atoms with Crippen LogP contribution in [-0.2, 0) is 0 Å². The summed E-state index contributed by atoms with van der Waals surface area (Å²) in [5, 5.41) is 12.9. The van der Waals surface area contributed by atoms with Crippen molar-refractivity contribution in [2.45, 2.75) is 6.04 Å².